The van der Waals surface area contributed by atoms with Crippen LogP contribution in [0.15, 0.2) is 47.3 Å². The molecule has 0 bridgehead atoms. The molecule has 0 amide bonds. The summed E-state index contributed by atoms with van der Waals surface area (Å²) in [7, 11) is 0. The third kappa shape index (κ3) is 2.68. The molecular formula is C14H8BrN3O3. The van der Waals surface area contributed by atoms with Gasteiger partial charge in [-0.05, 0) is 34.1 Å². The van der Waals surface area contributed by atoms with Crippen LogP contribution in [0.4, 0.5) is 0 Å². The first kappa shape index (κ1) is 13.4. The van der Waals surface area contributed by atoms with Crippen molar-refractivity contribution in [1.82, 2.24) is 15.0 Å². The topological polar surface area (TPSA) is 85.2 Å². The van der Waals surface area contributed by atoms with E-state index in [4.69, 9.17) is 9.84 Å². The van der Waals surface area contributed by atoms with Crippen molar-refractivity contribution in [3.63, 3.8) is 0 Å². The molecule has 0 atom stereocenters. The molecule has 3 heterocycles. The van der Waals surface area contributed by atoms with Gasteiger partial charge < -0.3 is 9.84 Å². The van der Waals surface area contributed by atoms with E-state index >= 15 is 0 Å². The molecule has 0 aromatic carbocycles. The molecule has 0 saturated carbocycles. The molecule has 0 fully saturated rings. The standard InChI is InChI=1S/C14H8BrN3O3/c15-8-6-9-12(18-7-8)11(3-5-16-9)21-10-2-1-4-17-13(10)14(19)20/h1-7H,(H,19,20). The fraction of sp³-hybridized carbons (Fsp3) is 0. The summed E-state index contributed by atoms with van der Waals surface area (Å²) >= 11 is 3.32. The van der Waals surface area contributed by atoms with E-state index in [1.54, 1.807) is 36.7 Å². The van der Waals surface area contributed by atoms with Crippen LogP contribution in [0.1, 0.15) is 10.5 Å². The fourth-order valence-electron chi connectivity index (χ4n) is 1.82. The van der Waals surface area contributed by atoms with Gasteiger partial charge in [0.05, 0.1) is 5.52 Å². The highest BCUT2D eigenvalue weighted by Gasteiger charge is 2.14. The van der Waals surface area contributed by atoms with Gasteiger partial charge in [0, 0.05) is 29.1 Å². The lowest BCUT2D eigenvalue weighted by Gasteiger charge is -2.09. The number of fused-ring (bicyclic) bond motifs is 1. The number of ether oxygens (including phenoxy) is 1. The molecule has 0 aliphatic rings. The number of rotatable bonds is 3. The summed E-state index contributed by atoms with van der Waals surface area (Å²) in [4.78, 5) is 23.4. The van der Waals surface area contributed by atoms with E-state index < -0.39 is 5.97 Å². The Balaban J connectivity index is 2.09. The number of hydrogen-bond acceptors (Lipinski definition) is 5. The van der Waals surface area contributed by atoms with Crippen LogP contribution in [0.3, 0.4) is 0 Å². The number of aromatic nitrogens is 3. The Bertz CT molecular complexity index is 839. The summed E-state index contributed by atoms with van der Waals surface area (Å²) in [6.45, 7) is 0. The van der Waals surface area contributed by atoms with Gasteiger partial charge in [0.2, 0.25) is 0 Å². The van der Waals surface area contributed by atoms with Crippen LogP contribution in [-0.2, 0) is 0 Å². The summed E-state index contributed by atoms with van der Waals surface area (Å²) < 4.78 is 6.46. The summed E-state index contributed by atoms with van der Waals surface area (Å²) in [5.74, 6) is -0.579. The SMILES string of the molecule is O=C(O)c1ncccc1Oc1ccnc2cc(Br)cnc12. The molecule has 0 spiro atoms. The fourth-order valence-corrected chi connectivity index (χ4v) is 2.13. The van der Waals surface area contributed by atoms with Crippen LogP contribution >= 0.6 is 15.9 Å². The molecular weight excluding hydrogens is 338 g/mol. The van der Waals surface area contributed by atoms with Crippen molar-refractivity contribution >= 4 is 32.9 Å². The largest absolute Gasteiger partial charge is 0.476 e. The number of carboxylic acids is 1. The molecule has 3 rings (SSSR count). The Hall–Kier alpha value is -2.54. The van der Waals surface area contributed by atoms with Crippen molar-refractivity contribution in [2.24, 2.45) is 0 Å². The van der Waals surface area contributed by atoms with Crippen LogP contribution in [0.25, 0.3) is 11.0 Å². The number of hydrogen-bond donors (Lipinski definition) is 1. The van der Waals surface area contributed by atoms with E-state index in [-0.39, 0.29) is 11.4 Å². The predicted molar refractivity (Wildman–Crippen MR) is 78.5 cm³/mol. The molecule has 0 unspecified atom stereocenters. The zero-order valence-corrected chi connectivity index (χ0v) is 12.1. The Labute approximate surface area is 127 Å². The highest BCUT2D eigenvalue weighted by atomic mass is 79.9. The zero-order chi connectivity index (χ0) is 14.8. The molecule has 7 heteroatoms. The first-order valence-corrected chi connectivity index (χ1v) is 6.71. The normalized spacial score (nSPS) is 10.5. The Morgan fingerprint density at radius 3 is 2.81 bits per heavy atom. The van der Waals surface area contributed by atoms with Gasteiger partial charge in [-0.25, -0.2) is 14.8 Å². The first-order chi connectivity index (χ1) is 10.1. The highest BCUT2D eigenvalue weighted by Crippen LogP contribution is 2.29. The van der Waals surface area contributed by atoms with Gasteiger partial charge in [0.15, 0.2) is 17.2 Å². The van der Waals surface area contributed by atoms with Gasteiger partial charge in [0.1, 0.15) is 5.52 Å². The van der Waals surface area contributed by atoms with Crippen LogP contribution in [-0.4, -0.2) is 26.0 Å². The van der Waals surface area contributed by atoms with Gasteiger partial charge in [-0.15, -0.1) is 0 Å². The summed E-state index contributed by atoms with van der Waals surface area (Å²) in [5.41, 5.74) is 1.03. The second kappa shape index (κ2) is 5.45. The molecule has 0 radical (unpaired) electrons. The number of nitrogens with zero attached hydrogens (tertiary/aromatic N) is 3. The number of carboxylic acid groups (broad SMARTS) is 1. The molecule has 6 nitrogen and oxygen atoms in total. The maximum absolute atomic E-state index is 11.1. The van der Waals surface area contributed by atoms with Crippen molar-refractivity contribution in [3.05, 3.63) is 53.0 Å². The molecule has 0 aliphatic heterocycles. The van der Waals surface area contributed by atoms with Gasteiger partial charge in [-0.1, -0.05) is 0 Å². The summed E-state index contributed by atoms with van der Waals surface area (Å²) in [5, 5.41) is 9.12. The number of aromatic carboxylic acids is 1. The van der Waals surface area contributed by atoms with E-state index in [0.717, 1.165) is 4.47 Å². The first-order valence-electron chi connectivity index (χ1n) is 5.91. The van der Waals surface area contributed by atoms with E-state index in [1.165, 1.54) is 6.20 Å². The van der Waals surface area contributed by atoms with E-state index in [2.05, 4.69) is 30.9 Å². The molecule has 0 aliphatic carbocycles. The Morgan fingerprint density at radius 1 is 1.14 bits per heavy atom. The van der Waals surface area contributed by atoms with Crippen molar-refractivity contribution in [3.8, 4) is 11.5 Å². The third-order valence-corrected chi connectivity index (χ3v) is 3.13. The van der Waals surface area contributed by atoms with Crippen molar-refractivity contribution in [2.75, 3.05) is 0 Å². The van der Waals surface area contributed by atoms with E-state index in [9.17, 15) is 4.79 Å². The summed E-state index contributed by atoms with van der Waals surface area (Å²) in [6, 6.07) is 6.58. The second-order valence-corrected chi connectivity index (χ2v) is 5.00. The molecule has 3 aromatic rings. The quantitative estimate of drug-likeness (QED) is 0.783. The van der Waals surface area contributed by atoms with E-state index in [1.807, 2.05) is 0 Å². The highest BCUT2D eigenvalue weighted by molar-refractivity contribution is 9.10. The summed E-state index contributed by atoms with van der Waals surface area (Å²) in [6.07, 6.45) is 4.59. The van der Waals surface area contributed by atoms with Crippen LogP contribution in [0.5, 0.6) is 11.5 Å². The maximum atomic E-state index is 11.1. The molecule has 0 saturated heterocycles. The Morgan fingerprint density at radius 2 is 2.00 bits per heavy atom. The Kier molecular flexibility index (Phi) is 3.49. The second-order valence-electron chi connectivity index (χ2n) is 4.09. The predicted octanol–water partition coefficient (Wildman–Crippen LogP) is 3.28. The zero-order valence-electron chi connectivity index (χ0n) is 10.5. The minimum atomic E-state index is -1.15. The lowest BCUT2D eigenvalue weighted by molar-refractivity contribution is 0.0687. The smallest absolute Gasteiger partial charge is 0.358 e. The van der Waals surface area contributed by atoms with Gasteiger partial charge in [0.25, 0.3) is 0 Å². The third-order valence-electron chi connectivity index (χ3n) is 2.70. The minimum absolute atomic E-state index is 0.153. The lowest BCUT2D eigenvalue weighted by Crippen LogP contribution is -2.03. The van der Waals surface area contributed by atoms with Crippen LogP contribution < -0.4 is 4.74 Å². The van der Waals surface area contributed by atoms with Gasteiger partial charge >= 0.3 is 5.97 Å². The number of carbonyl (C=O) groups is 1. The molecule has 1 N–H and O–H groups in total. The number of pyridine rings is 3. The van der Waals surface area contributed by atoms with Crippen molar-refractivity contribution < 1.29 is 14.6 Å². The van der Waals surface area contributed by atoms with Gasteiger partial charge in [-0.2, -0.15) is 0 Å². The van der Waals surface area contributed by atoms with Crippen LogP contribution in [0, 0.1) is 0 Å². The number of halogens is 1. The minimum Gasteiger partial charge on any atom is -0.476 e. The average molecular weight is 346 g/mol. The monoisotopic (exact) mass is 345 g/mol. The average Bonchev–Trinajstić information content (AvgIpc) is 2.47. The molecule has 3 aromatic heterocycles. The molecule has 104 valence electrons. The van der Waals surface area contributed by atoms with E-state index in [0.29, 0.717) is 16.8 Å². The van der Waals surface area contributed by atoms with Gasteiger partial charge in [-0.3, -0.25) is 4.98 Å². The van der Waals surface area contributed by atoms with Crippen molar-refractivity contribution in [2.45, 2.75) is 0 Å². The molecule has 21 heavy (non-hydrogen) atoms. The van der Waals surface area contributed by atoms with Crippen molar-refractivity contribution in [1.29, 1.82) is 0 Å². The lowest BCUT2D eigenvalue weighted by atomic mass is 10.3. The van der Waals surface area contributed by atoms with Crippen LogP contribution in [0.2, 0.25) is 0 Å². The maximum Gasteiger partial charge on any atom is 0.358 e.